The third-order valence-corrected chi connectivity index (χ3v) is 7.96. The maximum Gasteiger partial charge on any atom is 0.222 e. The molecule has 0 aromatic heterocycles. The van der Waals surface area contributed by atoms with E-state index >= 15 is 0 Å². The fourth-order valence-corrected chi connectivity index (χ4v) is 5.16. The smallest absolute Gasteiger partial charge is 0.222 e. The molecule has 4 heteroatoms. The lowest BCUT2D eigenvalue weighted by molar-refractivity contribution is -0.130. The number of likely N-dealkylation sites (tertiary alicyclic amines) is 1. The molecule has 0 radical (unpaired) electrons. The lowest BCUT2D eigenvalue weighted by Gasteiger charge is -2.16. The van der Waals surface area contributed by atoms with Crippen molar-refractivity contribution in [1.29, 1.82) is 0 Å². The van der Waals surface area contributed by atoms with E-state index in [2.05, 4.69) is 153 Å². The molecule has 0 unspecified atom stereocenters. The van der Waals surface area contributed by atoms with Gasteiger partial charge in [0.15, 0.2) is 0 Å². The van der Waals surface area contributed by atoms with Crippen LogP contribution in [0.5, 0.6) is 0 Å². The summed E-state index contributed by atoms with van der Waals surface area (Å²) in [5.74, 6) is 0.272. The zero-order valence-corrected chi connectivity index (χ0v) is 31.5. The van der Waals surface area contributed by atoms with Crippen LogP contribution < -0.4 is 5.32 Å². The Morgan fingerprint density at radius 3 is 1.26 bits per heavy atom. The zero-order valence-electron chi connectivity index (χ0n) is 31.5. The molecule has 1 aliphatic heterocycles. The third-order valence-electron chi connectivity index (χ3n) is 7.96. The van der Waals surface area contributed by atoms with Gasteiger partial charge in [-0.25, -0.2) is 0 Å². The predicted molar refractivity (Wildman–Crippen MR) is 219 cm³/mol. The molecule has 50 heavy (non-hydrogen) atoms. The Balaban J connectivity index is 2.03. The Morgan fingerprint density at radius 2 is 0.860 bits per heavy atom. The molecule has 1 heterocycles. The van der Waals surface area contributed by atoms with Crippen LogP contribution in [-0.4, -0.2) is 35.8 Å². The van der Waals surface area contributed by atoms with Crippen molar-refractivity contribution in [2.24, 2.45) is 0 Å². The molecule has 274 valence electrons. The van der Waals surface area contributed by atoms with Crippen molar-refractivity contribution in [3.8, 4) is 0 Å². The molecule has 1 rings (SSSR count). The van der Waals surface area contributed by atoms with Gasteiger partial charge in [-0.05, 0) is 96.3 Å². The summed E-state index contributed by atoms with van der Waals surface area (Å²) in [6.45, 7) is 5.67. The van der Waals surface area contributed by atoms with Crippen LogP contribution in [0.4, 0.5) is 0 Å². The van der Waals surface area contributed by atoms with Gasteiger partial charge < -0.3 is 10.2 Å². The van der Waals surface area contributed by atoms with E-state index in [1.54, 1.807) is 0 Å². The minimum atomic E-state index is 0.0750. The molecule has 1 atom stereocenters. The summed E-state index contributed by atoms with van der Waals surface area (Å²) in [7, 11) is 0. The molecule has 0 aliphatic carbocycles. The van der Waals surface area contributed by atoms with Gasteiger partial charge in [0, 0.05) is 32.0 Å². The van der Waals surface area contributed by atoms with Crippen LogP contribution in [0.1, 0.15) is 123 Å². The third kappa shape index (κ3) is 29.0. The van der Waals surface area contributed by atoms with E-state index in [-0.39, 0.29) is 17.9 Å². The monoisotopic (exact) mass is 681 g/mol. The topological polar surface area (TPSA) is 49.4 Å². The van der Waals surface area contributed by atoms with E-state index in [0.29, 0.717) is 19.4 Å². The molecular formula is C46H68N2O2. The Labute approximate surface area is 306 Å². The average molecular weight is 681 g/mol. The number of allylic oxidation sites excluding steroid dienone is 22. The highest BCUT2D eigenvalue weighted by atomic mass is 16.2. The van der Waals surface area contributed by atoms with Crippen molar-refractivity contribution in [1.82, 2.24) is 10.2 Å². The molecule has 2 amide bonds. The Hall–Kier alpha value is -3.92. The van der Waals surface area contributed by atoms with Crippen LogP contribution in [0.25, 0.3) is 0 Å². The molecule has 0 spiro atoms. The number of amides is 2. The fraction of sp³-hybridized carbons (Fsp3) is 0.478. The molecule has 4 nitrogen and oxygen atoms in total. The normalized spacial score (nSPS) is 16.3. The van der Waals surface area contributed by atoms with Crippen LogP contribution in [0.15, 0.2) is 134 Å². The van der Waals surface area contributed by atoms with Crippen LogP contribution in [-0.2, 0) is 9.59 Å². The number of unbranched alkanes of at least 4 members (excludes halogenated alkanes) is 1. The molecule has 0 aromatic rings. The average Bonchev–Trinajstić information content (AvgIpc) is 3.59. The largest absolute Gasteiger partial charge is 0.352 e. The summed E-state index contributed by atoms with van der Waals surface area (Å²) in [5, 5.41) is 3.13. The Bertz CT molecular complexity index is 1190. The second-order valence-corrected chi connectivity index (χ2v) is 12.4. The Morgan fingerprint density at radius 1 is 0.500 bits per heavy atom. The van der Waals surface area contributed by atoms with Crippen LogP contribution in [0.2, 0.25) is 0 Å². The van der Waals surface area contributed by atoms with E-state index in [0.717, 1.165) is 103 Å². The number of nitrogens with one attached hydrogen (secondary N) is 1. The van der Waals surface area contributed by atoms with Gasteiger partial charge in [0.1, 0.15) is 0 Å². The van der Waals surface area contributed by atoms with Crippen molar-refractivity contribution < 1.29 is 9.59 Å². The maximum atomic E-state index is 12.6. The van der Waals surface area contributed by atoms with Gasteiger partial charge in [-0.15, -0.1) is 0 Å². The lowest BCUT2D eigenvalue weighted by Crippen LogP contribution is -2.38. The van der Waals surface area contributed by atoms with Crippen molar-refractivity contribution in [3.63, 3.8) is 0 Å². The van der Waals surface area contributed by atoms with Gasteiger partial charge in [0.2, 0.25) is 11.8 Å². The SMILES string of the molecule is CC/C=C\C/C=C\C/C=C\C/C=C\C/C=C\C/C=C\CCC(=O)N1CC[C@H](NC(=O)CCC/C=C\C/C=C\C/C=C\C/C=C\C/C=C\CC)C1. The van der Waals surface area contributed by atoms with Gasteiger partial charge in [-0.3, -0.25) is 9.59 Å². The summed E-state index contributed by atoms with van der Waals surface area (Å²) in [5.41, 5.74) is 0. The quantitative estimate of drug-likeness (QED) is 0.0660. The van der Waals surface area contributed by atoms with Gasteiger partial charge in [0.05, 0.1) is 0 Å². The molecule has 0 bridgehead atoms. The summed E-state index contributed by atoms with van der Waals surface area (Å²) in [6.07, 6.45) is 63.6. The van der Waals surface area contributed by atoms with Gasteiger partial charge in [0.25, 0.3) is 0 Å². The molecule has 0 aromatic carbocycles. The Kier molecular flexibility index (Phi) is 30.8. The van der Waals surface area contributed by atoms with Crippen molar-refractivity contribution in [2.75, 3.05) is 13.1 Å². The highest BCUT2D eigenvalue weighted by molar-refractivity contribution is 5.78. The highest BCUT2D eigenvalue weighted by Crippen LogP contribution is 2.12. The predicted octanol–water partition coefficient (Wildman–Crippen LogP) is 12.1. The van der Waals surface area contributed by atoms with Gasteiger partial charge >= 0.3 is 0 Å². The van der Waals surface area contributed by atoms with E-state index in [9.17, 15) is 9.59 Å². The summed E-state index contributed by atoms with van der Waals surface area (Å²) in [6, 6.07) is 0.0750. The summed E-state index contributed by atoms with van der Waals surface area (Å²) >= 11 is 0. The van der Waals surface area contributed by atoms with Crippen LogP contribution in [0.3, 0.4) is 0 Å². The number of carbonyl (C=O) groups is 2. The second kappa shape index (κ2) is 34.9. The number of rotatable bonds is 28. The van der Waals surface area contributed by atoms with Crippen molar-refractivity contribution >= 4 is 11.8 Å². The first-order valence-electron chi connectivity index (χ1n) is 19.4. The maximum absolute atomic E-state index is 12.6. The second-order valence-electron chi connectivity index (χ2n) is 12.4. The minimum absolute atomic E-state index is 0.0750. The number of hydrogen-bond acceptors (Lipinski definition) is 2. The number of nitrogens with zero attached hydrogens (tertiary/aromatic N) is 1. The van der Waals surface area contributed by atoms with Crippen LogP contribution in [0, 0.1) is 0 Å². The van der Waals surface area contributed by atoms with E-state index in [1.165, 1.54) is 0 Å². The molecule has 1 N–H and O–H groups in total. The van der Waals surface area contributed by atoms with Crippen LogP contribution >= 0.6 is 0 Å². The first-order chi connectivity index (χ1) is 24.7. The number of carbonyl (C=O) groups excluding carboxylic acids is 2. The van der Waals surface area contributed by atoms with E-state index < -0.39 is 0 Å². The van der Waals surface area contributed by atoms with Gasteiger partial charge in [-0.1, -0.05) is 148 Å². The fourth-order valence-electron chi connectivity index (χ4n) is 5.16. The first-order valence-corrected chi connectivity index (χ1v) is 19.4. The molecule has 0 saturated carbocycles. The van der Waals surface area contributed by atoms with Gasteiger partial charge in [-0.2, -0.15) is 0 Å². The zero-order chi connectivity index (χ0) is 36.0. The highest BCUT2D eigenvalue weighted by Gasteiger charge is 2.26. The molecule has 1 fully saturated rings. The minimum Gasteiger partial charge on any atom is -0.352 e. The molecular weight excluding hydrogens is 613 g/mol. The molecule has 1 saturated heterocycles. The first kappa shape index (κ1) is 44.1. The van der Waals surface area contributed by atoms with Crippen molar-refractivity contribution in [2.45, 2.75) is 129 Å². The summed E-state index contributed by atoms with van der Waals surface area (Å²) in [4.78, 5) is 26.9. The van der Waals surface area contributed by atoms with E-state index in [4.69, 9.17) is 0 Å². The van der Waals surface area contributed by atoms with Crippen molar-refractivity contribution in [3.05, 3.63) is 134 Å². The standard InChI is InChI=1S/C46H68N2O2/c1-3-5-7-9-11-13-15-17-19-21-22-24-26-28-30-32-34-36-38-40-46(50)48-42-41-44(43-48)47-45(49)39-37-35-33-31-29-27-25-23-20-18-16-14-12-10-8-6-4-2/h5-8,11-14,17-20,22,24-25,27-28,30-31,33-34,36,44H,3-4,9-10,15-16,21,23,26,29,32,35,37-43H2,1-2H3,(H,47,49)/b7-5-,8-6-,13-11-,14-12-,19-17-,20-18-,24-22-,27-25-,30-28-,33-31-,36-34-/t44-/m0/s1. The molecule has 1 aliphatic rings. The number of hydrogen-bond donors (Lipinski definition) is 1. The van der Waals surface area contributed by atoms with E-state index in [1.807, 2.05) is 4.90 Å². The summed E-state index contributed by atoms with van der Waals surface area (Å²) < 4.78 is 0. The lowest BCUT2D eigenvalue weighted by atomic mass is 10.2.